The fourth-order valence-corrected chi connectivity index (χ4v) is 1.83. The molecule has 0 aliphatic carbocycles. The lowest BCUT2D eigenvalue weighted by molar-refractivity contribution is 0.804. The maximum Gasteiger partial charge on any atom is 0.104 e. The fraction of sp³-hybridized carbons (Fsp3) is 0.333. The van der Waals surface area contributed by atoms with Crippen molar-refractivity contribution in [2.24, 2.45) is 5.73 Å². The average Bonchev–Trinajstić information content (AvgIpc) is 2.85. The van der Waals surface area contributed by atoms with Gasteiger partial charge in [-0.25, -0.2) is 0 Å². The van der Waals surface area contributed by atoms with Crippen molar-refractivity contribution < 1.29 is 0 Å². The maximum atomic E-state index is 5.44. The van der Waals surface area contributed by atoms with Gasteiger partial charge in [0, 0.05) is 11.9 Å². The van der Waals surface area contributed by atoms with Crippen LogP contribution in [-0.2, 0) is 6.42 Å². The summed E-state index contributed by atoms with van der Waals surface area (Å²) in [5.74, 6) is 0. The molecule has 0 spiro atoms. The number of aryl methyl sites for hydroxylation is 1. The van der Waals surface area contributed by atoms with Crippen molar-refractivity contribution in [1.82, 2.24) is 15.2 Å². The number of rotatable bonds is 4. The van der Waals surface area contributed by atoms with Crippen LogP contribution < -0.4 is 5.73 Å². The van der Waals surface area contributed by atoms with E-state index in [4.69, 9.17) is 5.73 Å². The zero-order valence-corrected chi connectivity index (χ0v) is 8.55. The molecule has 4 nitrogen and oxygen atoms in total. The van der Waals surface area contributed by atoms with Crippen molar-refractivity contribution in [1.29, 1.82) is 0 Å². The van der Waals surface area contributed by atoms with Crippen molar-refractivity contribution in [3.05, 3.63) is 23.5 Å². The van der Waals surface area contributed by atoms with E-state index in [0.29, 0.717) is 0 Å². The molecule has 5 heteroatoms. The van der Waals surface area contributed by atoms with E-state index in [9.17, 15) is 0 Å². The standard InChI is InChI=1S/C9H12N4S/c10-3-1-2-7-4-8(13-12-7)9-5-11-6-14-9/h4-6H,1-3,10H2,(H,12,13). The van der Waals surface area contributed by atoms with Gasteiger partial charge in [0.2, 0.25) is 0 Å². The summed E-state index contributed by atoms with van der Waals surface area (Å²) in [7, 11) is 0. The number of hydrogen-bond donors (Lipinski definition) is 2. The Morgan fingerprint density at radius 2 is 2.43 bits per heavy atom. The van der Waals surface area contributed by atoms with Gasteiger partial charge in [-0.05, 0) is 25.5 Å². The molecule has 0 fully saturated rings. The van der Waals surface area contributed by atoms with Crippen molar-refractivity contribution >= 4 is 11.3 Å². The first-order valence-corrected chi connectivity index (χ1v) is 5.41. The van der Waals surface area contributed by atoms with Crippen LogP contribution in [0, 0.1) is 0 Å². The number of nitrogens with zero attached hydrogens (tertiary/aromatic N) is 2. The van der Waals surface area contributed by atoms with Crippen LogP contribution >= 0.6 is 11.3 Å². The minimum absolute atomic E-state index is 0.717. The second kappa shape index (κ2) is 4.34. The summed E-state index contributed by atoms with van der Waals surface area (Å²) >= 11 is 1.59. The van der Waals surface area contributed by atoms with Gasteiger partial charge in [0.25, 0.3) is 0 Å². The average molecular weight is 208 g/mol. The molecular weight excluding hydrogens is 196 g/mol. The van der Waals surface area contributed by atoms with Gasteiger partial charge in [-0.15, -0.1) is 11.3 Å². The van der Waals surface area contributed by atoms with Gasteiger partial charge in [-0.2, -0.15) is 5.10 Å². The van der Waals surface area contributed by atoms with E-state index in [1.54, 1.807) is 11.3 Å². The van der Waals surface area contributed by atoms with Crippen molar-refractivity contribution in [3.8, 4) is 10.6 Å². The summed E-state index contributed by atoms with van der Waals surface area (Å²) in [5.41, 5.74) is 9.35. The van der Waals surface area contributed by atoms with Gasteiger partial charge in [0.05, 0.1) is 10.4 Å². The van der Waals surface area contributed by atoms with Gasteiger partial charge in [-0.3, -0.25) is 10.1 Å². The van der Waals surface area contributed by atoms with Gasteiger partial charge in [-0.1, -0.05) is 0 Å². The summed E-state index contributed by atoms with van der Waals surface area (Å²) in [4.78, 5) is 5.11. The number of hydrogen-bond acceptors (Lipinski definition) is 4. The molecule has 0 radical (unpaired) electrons. The third kappa shape index (κ3) is 2.00. The summed E-state index contributed by atoms with van der Waals surface area (Å²) in [5, 5.41) is 7.22. The molecule has 0 aliphatic heterocycles. The van der Waals surface area contributed by atoms with Gasteiger partial charge < -0.3 is 5.73 Å². The Kier molecular flexibility index (Phi) is 2.90. The van der Waals surface area contributed by atoms with Gasteiger partial charge >= 0.3 is 0 Å². The van der Waals surface area contributed by atoms with E-state index >= 15 is 0 Å². The Bertz CT molecular complexity index is 379. The summed E-state index contributed by atoms with van der Waals surface area (Å²) < 4.78 is 0. The summed E-state index contributed by atoms with van der Waals surface area (Å²) in [6.45, 7) is 0.717. The first-order valence-electron chi connectivity index (χ1n) is 4.53. The lowest BCUT2D eigenvalue weighted by atomic mass is 10.2. The topological polar surface area (TPSA) is 67.6 Å². The molecule has 2 rings (SSSR count). The Morgan fingerprint density at radius 1 is 1.50 bits per heavy atom. The third-order valence-electron chi connectivity index (χ3n) is 1.97. The molecule has 0 amide bonds. The zero-order valence-electron chi connectivity index (χ0n) is 7.73. The highest BCUT2D eigenvalue weighted by molar-refractivity contribution is 7.13. The molecule has 0 saturated carbocycles. The smallest absolute Gasteiger partial charge is 0.104 e. The first-order chi connectivity index (χ1) is 6.90. The van der Waals surface area contributed by atoms with Crippen LogP contribution in [0.25, 0.3) is 10.6 Å². The predicted octanol–water partition coefficient (Wildman–Crippen LogP) is 1.42. The van der Waals surface area contributed by atoms with Gasteiger partial charge in [0.1, 0.15) is 5.69 Å². The molecule has 0 aromatic carbocycles. The van der Waals surface area contributed by atoms with E-state index in [1.807, 2.05) is 11.7 Å². The highest BCUT2D eigenvalue weighted by Crippen LogP contribution is 2.21. The van der Waals surface area contributed by atoms with E-state index < -0.39 is 0 Å². The predicted molar refractivity (Wildman–Crippen MR) is 57.1 cm³/mol. The first kappa shape index (κ1) is 9.36. The minimum Gasteiger partial charge on any atom is -0.330 e. The highest BCUT2D eigenvalue weighted by Gasteiger charge is 2.04. The number of aromatic amines is 1. The van der Waals surface area contributed by atoms with Crippen LogP contribution in [0.15, 0.2) is 17.8 Å². The molecule has 14 heavy (non-hydrogen) atoms. The molecule has 0 bridgehead atoms. The summed E-state index contributed by atoms with van der Waals surface area (Å²) in [6.07, 6.45) is 3.78. The zero-order chi connectivity index (χ0) is 9.80. The lowest BCUT2D eigenvalue weighted by Gasteiger charge is -1.91. The van der Waals surface area contributed by atoms with Crippen LogP contribution in [0.5, 0.6) is 0 Å². The number of nitrogens with one attached hydrogen (secondary N) is 1. The van der Waals surface area contributed by atoms with Crippen molar-refractivity contribution in [2.75, 3.05) is 6.54 Å². The molecule has 0 unspecified atom stereocenters. The Morgan fingerprint density at radius 3 is 3.14 bits per heavy atom. The highest BCUT2D eigenvalue weighted by atomic mass is 32.1. The van der Waals surface area contributed by atoms with E-state index in [1.165, 1.54) is 0 Å². The second-order valence-electron chi connectivity index (χ2n) is 3.04. The van der Waals surface area contributed by atoms with Crippen LogP contribution in [0.2, 0.25) is 0 Å². The Hall–Kier alpha value is -1.20. The maximum absolute atomic E-state index is 5.44. The minimum atomic E-state index is 0.717. The molecule has 2 aromatic rings. The molecule has 0 saturated heterocycles. The Balaban J connectivity index is 2.10. The molecule has 74 valence electrons. The Labute approximate surface area is 86.2 Å². The third-order valence-corrected chi connectivity index (χ3v) is 2.76. The number of H-pyrrole nitrogens is 1. The molecule has 2 aromatic heterocycles. The largest absolute Gasteiger partial charge is 0.330 e. The normalized spacial score (nSPS) is 10.6. The molecule has 0 aliphatic rings. The van der Waals surface area contributed by atoms with Crippen LogP contribution in [0.3, 0.4) is 0 Å². The summed E-state index contributed by atoms with van der Waals surface area (Å²) in [6, 6.07) is 2.06. The number of aromatic nitrogens is 3. The quantitative estimate of drug-likeness (QED) is 0.798. The second-order valence-corrected chi connectivity index (χ2v) is 3.92. The van der Waals surface area contributed by atoms with Crippen molar-refractivity contribution in [2.45, 2.75) is 12.8 Å². The monoisotopic (exact) mass is 208 g/mol. The van der Waals surface area contributed by atoms with E-state index in [0.717, 1.165) is 35.7 Å². The number of thiazole rings is 1. The molecule has 2 heterocycles. The van der Waals surface area contributed by atoms with Crippen LogP contribution in [-0.4, -0.2) is 21.7 Å². The van der Waals surface area contributed by atoms with E-state index in [-0.39, 0.29) is 0 Å². The van der Waals surface area contributed by atoms with Crippen LogP contribution in [0.1, 0.15) is 12.1 Å². The molecule has 0 atom stereocenters. The van der Waals surface area contributed by atoms with E-state index in [2.05, 4.69) is 21.2 Å². The molecule has 3 N–H and O–H groups in total. The fourth-order valence-electron chi connectivity index (χ4n) is 1.25. The molecular formula is C9H12N4S. The SMILES string of the molecule is NCCCc1cc(-c2cncs2)n[nH]1. The van der Waals surface area contributed by atoms with Crippen LogP contribution in [0.4, 0.5) is 0 Å². The van der Waals surface area contributed by atoms with Gasteiger partial charge in [0.15, 0.2) is 0 Å². The van der Waals surface area contributed by atoms with Crippen molar-refractivity contribution in [3.63, 3.8) is 0 Å². The number of nitrogens with two attached hydrogens (primary N) is 1. The lowest BCUT2D eigenvalue weighted by Crippen LogP contribution is -2.00.